The fourth-order valence-corrected chi connectivity index (χ4v) is 1.86. The predicted octanol–water partition coefficient (Wildman–Crippen LogP) is 3.94. The zero-order chi connectivity index (χ0) is 14.8. The molecule has 0 unspecified atom stereocenters. The van der Waals surface area contributed by atoms with E-state index in [2.05, 4.69) is 31.1 Å². The minimum atomic E-state index is -0.136. The second kappa shape index (κ2) is 5.45. The Balaban J connectivity index is 2.18. The van der Waals surface area contributed by atoms with Crippen LogP contribution in [0.3, 0.4) is 0 Å². The molecule has 2 rings (SSSR count). The number of anilines is 1. The summed E-state index contributed by atoms with van der Waals surface area (Å²) in [4.78, 5) is 16.3. The van der Waals surface area contributed by atoms with Crippen molar-refractivity contribution < 1.29 is 4.79 Å². The third-order valence-corrected chi connectivity index (χ3v) is 3.18. The molecule has 1 N–H and O–H groups in total. The molecule has 0 saturated heterocycles. The van der Waals surface area contributed by atoms with Gasteiger partial charge in [0.15, 0.2) is 0 Å². The van der Waals surface area contributed by atoms with Crippen LogP contribution >= 0.6 is 0 Å². The van der Waals surface area contributed by atoms with Gasteiger partial charge in [0.1, 0.15) is 5.82 Å². The van der Waals surface area contributed by atoms with E-state index in [1.54, 1.807) is 6.20 Å². The molecule has 104 valence electrons. The van der Waals surface area contributed by atoms with E-state index in [0.29, 0.717) is 11.4 Å². The molecule has 0 atom stereocenters. The normalized spacial score (nSPS) is 11.2. The van der Waals surface area contributed by atoms with Crippen molar-refractivity contribution in [1.29, 1.82) is 0 Å². The number of hydrogen-bond donors (Lipinski definition) is 1. The molecule has 1 aromatic heterocycles. The monoisotopic (exact) mass is 268 g/mol. The van der Waals surface area contributed by atoms with Crippen LogP contribution in [0.4, 0.5) is 5.82 Å². The summed E-state index contributed by atoms with van der Waals surface area (Å²) in [7, 11) is 0. The Kier molecular flexibility index (Phi) is 3.89. The summed E-state index contributed by atoms with van der Waals surface area (Å²) in [5.74, 6) is 0.451. The number of amides is 1. The third kappa shape index (κ3) is 3.44. The topological polar surface area (TPSA) is 42.0 Å². The van der Waals surface area contributed by atoms with E-state index in [0.717, 1.165) is 11.1 Å². The van der Waals surface area contributed by atoms with Crippen LogP contribution in [0.5, 0.6) is 0 Å². The highest BCUT2D eigenvalue weighted by Gasteiger charge is 2.15. The molecule has 0 bridgehead atoms. The highest BCUT2D eigenvalue weighted by molar-refractivity contribution is 6.03. The van der Waals surface area contributed by atoms with Crippen molar-refractivity contribution in [3.05, 3.63) is 59.3 Å². The molecule has 0 spiro atoms. The number of nitrogens with one attached hydrogen (secondary N) is 1. The van der Waals surface area contributed by atoms with Crippen LogP contribution in [0.15, 0.2) is 42.6 Å². The molecule has 0 aliphatic carbocycles. The fourth-order valence-electron chi connectivity index (χ4n) is 1.86. The lowest BCUT2D eigenvalue weighted by molar-refractivity contribution is 0.102. The van der Waals surface area contributed by atoms with E-state index in [4.69, 9.17) is 0 Å². The SMILES string of the molecule is Cc1ccc(C(=O)Nc2cc(C(C)(C)C)ccn2)cc1. The van der Waals surface area contributed by atoms with Gasteiger partial charge in [0.25, 0.3) is 5.91 Å². The number of aryl methyl sites for hydroxylation is 1. The maximum atomic E-state index is 12.1. The average molecular weight is 268 g/mol. The van der Waals surface area contributed by atoms with Gasteiger partial charge >= 0.3 is 0 Å². The standard InChI is InChI=1S/C17H20N2O/c1-12-5-7-13(8-6-12)16(20)19-15-11-14(9-10-18-15)17(2,3)4/h5-11H,1-4H3,(H,18,19,20). The number of pyridine rings is 1. The molecular weight excluding hydrogens is 248 g/mol. The highest BCUT2D eigenvalue weighted by atomic mass is 16.1. The van der Waals surface area contributed by atoms with Gasteiger partial charge in [-0.1, -0.05) is 38.5 Å². The summed E-state index contributed by atoms with van der Waals surface area (Å²) >= 11 is 0. The minimum absolute atomic E-state index is 0.0340. The first-order valence-electron chi connectivity index (χ1n) is 6.71. The van der Waals surface area contributed by atoms with Gasteiger partial charge in [-0.15, -0.1) is 0 Å². The van der Waals surface area contributed by atoms with E-state index in [1.807, 2.05) is 43.3 Å². The molecule has 20 heavy (non-hydrogen) atoms. The quantitative estimate of drug-likeness (QED) is 0.896. The lowest BCUT2D eigenvalue weighted by Gasteiger charge is -2.19. The lowest BCUT2D eigenvalue weighted by Crippen LogP contribution is -2.15. The summed E-state index contributed by atoms with van der Waals surface area (Å²) in [6.07, 6.45) is 1.73. The molecule has 3 nitrogen and oxygen atoms in total. The predicted molar refractivity (Wildman–Crippen MR) is 82.1 cm³/mol. The Labute approximate surface area is 120 Å². The second-order valence-corrected chi connectivity index (χ2v) is 6.00. The third-order valence-electron chi connectivity index (χ3n) is 3.18. The van der Waals surface area contributed by atoms with Crippen molar-refractivity contribution in [1.82, 2.24) is 4.98 Å². The number of nitrogens with zero attached hydrogens (tertiary/aromatic N) is 1. The minimum Gasteiger partial charge on any atom is -0.307 e. The first kappa shape index (κ1) is 14.3. The van der Waals surface area contributed by atoms with Gasteiger partial charge in [-0.2, -0.15) is 0 Å². The highest BCUT2D eigenvalue weighted by Crippen LogP contribution is 2.23. The first-order chi connectivity index (χ1) is 9.36. The van der Waals surface area contributed by atoms with E-state index in [-0.39, 0.29) is 11.3 Å². The molecule has 0 fully saturated rings. The lowest BCUT2D eigenvalue weighted by atomic mass is 9.88. The number of benzene rings is 1. The van der Waals surface area contributed by atoms with Crippen LogP contribution in [-0.2, 0) is 5.41 Å². The average Bonchev–Trinajstić information content (AvgIpc) is 2.38. The molecule has 0 aliphatic heterocycles. The maximum absolute atomic E-state index is 12.1. The zero-order valence-corrected chi connectivity index (χ0v) is 12.4. The first-order valence-corrected chi connectivity index (χ1v) is 6.71. The van der Waals surface area contributed by atoms with Crippen molar-refractivity contribution in [2.24, 2.45) is 0 Å². The zero-order valence-electron chi connectivity index (χ0n) is 12.4. The van der Waals surface area contributed by atoms with Crippen LogP contribution in [0.1, 0.15) is 42.3 Å². The van der Waals surface area contributed by atoms with Gasteiger partial charge in [-0.3, -0.25) is 4.79 Å². The second-order valence-electron chi connectivity index (χ2n) is 6.00. The molecule has 0 saturated carbocycles. The number of carbonyl (C=O) groups is 1. The van der Waals surface area contributed by atoms with Crippen molar-refractivity contribution in [2.75, 3.05) is 5.32 Å². The van der Waals surface area contributed by atoms with Crippen LogP contribution in [0.2, 0.25) is 0 Å². The molecule has 3 heteroatoms. The fraction of sp³-hybridized carbons (Fsp3) is 0.294. The number of aromatic nitrogens is 1. The molecule has 0 radical (unpaired) electrons. The Hall–Kier alpha value is -2.16. The molecule has 1 heterocycles. The van der Waals surface area contributed by atoms with Gasteiger partial charge in [0.2, 0.25) is 0 Å². The summed E-state index contributed by atoms with van der Waals surface area (Å²) in [5, 5.41) is 2.84. The van der Waals surface area contributed by atoms with Crippen molar-refractivity contribution in [3.8, 4) is 0 Å². The van der Waals surface area contributed by atoms with Gasteiger partial charge in [-0.25, -0.2) is 4.98 Å². The smallest absolute Gasteiger partial charge is 0.256 e. The Morgan fingerprint density at radius 1 is 1.10 bits per heavy atom. The van der Waals surface area contributed by atoms with Gasteiger partial charge in [0.05, 0.1) is 0 Å². The van der Waals surface area contributed by atoms with Crippen molar-refractivity contribution in [2.45, 2.75) is 33.1 Å². The Morgan fingerprint density at radius 3 is 2.35 bits per heavy atom. The van der Waals surface area contributed by atoms with Gasteiger partial charge < -0.3 is 5.32 Å². The summed E-state index contributed by atoms with van der Waals surface area (Å²) in [6.45, 7) is 8.39. The van der Waals surface area contributed by atoms with E-state index < -0.39 is 0 Å². The number of rotatable bonds is 2. The molecule has 2 aromatic rings. The van der Waals surface area contributed by atoms with Crippen LogP contribution < -0.4 is 5.32 Å². The van der Waals surface area contributed by atoms with E-state index in [1.165, 1.54) is 0 Å². The Bertz CT molecular complexity index is 610. The van der Waals surface area contributed by atoms with Gasteiger partial charge in [-0.05, 0) is 42.2 Å². The van der Waals surface area contributed by atoms with Crippen molar-refractivity contribution >= 4 is 11.7 Å². The van der Waals surface area contributed by atoms with Crippen LogP contribution in [-0.4, -0.2) is 10.9 Å². The van der Waals surface area contributed by atoms with Crippen molar-refractivity contribution in [3.63, 3.8) is 0 Å². The molecule has 1 aromatic carbocycles. The summed E-state index contributed by atoms with van der Waals surface area (Å²) in [6, 6.07) is 11.4. The van der Waals surface area contributed by atoms with Crippen LogP contribution in [0, 0.1) is 6.92 Å². The summed E-state index contributed by atoms with van der Waals surface area (Å²) < 4.78 is 0. The maximum Gasteiger partial charge on any atom is 0.256 e. The molecule has 1 amide bonds. The largest absolute Gasteiger partial charge is 0.307 e. The molecular formula is C17H20N2O. The van der Waals surface area contributed by atoms with E-state index >= 15 is 0 Å². The number of carbonyl (C=O) groups excluding carboxylic acids is 1. The van der Waals surface area contributed by atoms with E-state index in [9.17, 15) is 4.79 Å². The molecule has 0 aliphatic rings. The Morgan fingerprint density at radius 2 is 1.75 bits per heavy atom. The summed E-state index contributed by atoms with van der Waals surface area (Å²) in [5.41, 5.74) is 2.95. The van der Waals surface area contributed by atoms with Gasteiger partial charge in [0, 0.05) is 11.8 Å². The van der Waals surface area contributed by atoms with Crippen LogP contribution in [0.25, 0.3) is 0 Å². The number of hydrogen-bond acceptors (Lipinski definition) is 2.